The minimum absolute atomic E-state index is 0.331. The first-order chi connectivity index (χ1) is 17.3. The van der Waals surface area contributed by atoms with Gasteiger partial charge in [0, 0.05) is 6.54 Å². The summed E-state index contributed by atoms with van der Waals surface area (Å²) in [7, 11) is 1.81. The number of benzene rings is 1. The van der Waals surface area contributed by atoms with E-state index in [-0.39, 0.29) is 4.90 Å². The first kappa shape index (κ1) is 31.0. The fourth-order valence-corrected chi connectivity index (χ4v) is 4.97. The number of aromatic hydroxyl groups is 2. The third-order valence-corrected chi connectivity index (χ3v) is 6.97. The van der Waals surface area contributed by atoms with Crippen molar-refractivity contribution >= 4 is 5.78 Å². The van der Waals surface area contributed by atoms with Crippen LogP contribution in [0.15, 0.2) is 0 Å². The van der Waals surface area contributed by atoms with Gasteiger partial charge in [-0.05, 0) is 0 Å². The molecular weight excluding hydrogens is 546 g/mol. The van der Waals surface area contributed by atoms with Crippen molar-refractivity contribution in [2.45, 2.75) is 47.2 Å². The molecule has 222 valence electrons. The van der Waals surface area contributed by atoms with E-state index in [0.29, 0.717) is 0 Å². The van der Waals surface area contributed by atoms with E-state index in [2.05, 4.69) is 0 Å². The van der Waals surface area contributed by atoms with Crippen LogP contribution in [0.5, 0.6) is 23.0 Å². The molecule has 2 atom stereocenters. The van der Waals surface area contributed by atoms with Gasteiger partial charge in [-0.25, -0.2) is 4.90 Å². The van der Waals surface area contributed by atoms with Crippen molar-refractivity contribution < 1.29 is 96.0 Å². The van der Waals surface area contributed by atoms with Gasteiger partial charge in [0.15, 0.2) is 17.2 Å². The summed E-state index contributed by atoms with van der Waals surface area (Å²) in [6.07, 6.45) is -1.68. The second-order valence-electron chi connectivity index (χ2n) is 9.15. The molecule has 2 aliphatic heterocycles. The van der Waals surface area contributed by atoms with E-state index in [1.807, 2.05) is 0 Å². The summed E-state index contributed by atoms with van der Waals surface area (Å²) >= 11 is 0. The summed E-state index contributed by atoms with van der Waals surface area (Å²) in [6, 6.07) is 0. The average molecular weight is 573 g/mol. The van der Waals surface area contributed by atoms with Crippen molar-refractivity contribution in [3.05, 3.63) is 11.1 Å². The average Bonchev–Trinajstić information content (AvgIpc) is 2.75. The molecule has 2 heterocycles. The molecule has 1 aromatic rings. The number of aliphatic hydroxyl groups is 14. The van der Waals surface area contributed by atoms with Crippen LogP contribution in [0, 0.1) is 5.92 Å². The van der Waals surface area contributed by atoms with Gasteiger partial charge < -0.3 is 91.2 Å². The lowest BCUT2D eigenvalue weighted by Gasteiger charge is -2.59. The van der Waals surface area contributed by atoms with E-state index in [0.717, 1.165) is 14.2 Å². The molecule has 39 heavy (non-hydrogen) atoms. The van der Waals surface area contributed by atoms with Crippen LogP contribution in [-0.4, -0.2) is 142 Å². The lowest BCUT2D eigenvalue weighted by atomic mass is 9.69. The number of rotatable bonds is 6. The molecule has 20 heteroatoms. The number of phenolic OH excluding ortho intramolecular Hbond substituents is 2. The highest BCUT2D eigenvalue weighted by Crippen LogP contribution is 2.62. The highest BCUT2D eigenvalue weighted by atomic mass is 16.8. The number of nitrogens with zero attached hydrogens (tertiary/aromatic N) is 1. The zero-order valence-corrected chi connectivity index (χ0v) is 19.8. The van der Waals surface area contributed by atoms with Crippen LogP contribution in [0.4, 0.5) is 0 Å². The number of hydrogen-bond donors (Lipinski definition) is 16. The molecule has 0 aliphatic carbocycles. The zero-order valence-electron chi connectivity index (χ0n) is 19.8. The Hall–Kier alpha value is -2.51. The zero-order chi connectivity index (χ0) is 30.5. The molecule has 0 spiro atoms. The molecule has 2 aliphatic rings. The monoisotopic (exact) mass is 573 g/mol. The minimum atomic E-state index is -5.11. The number of carbonyl (C=O) groups excluding carboxylic acids is 1. The normalized spacial score (nSPS) is 25.6. The first-order valence-electron chi connectivity index (χ1n) is 10.5. The summed E-state index contributed by atoms with van der Waals surface area (Å²) in [5.74, 6) is -32.4. The number of ketones is 1. The highest BCUT2D eigenvalue weighted by molar-refractivity contribution is 5.85. The molecule has 0 radical (unpaired) electrons. The number of carbonyl (C=O) groups is 1. The molecule has 20 nitrogen and oxygen atoms in total. The number of ether oxygens (including phenoxy) is 2. The lowest BCUT2D eigenvalue weighted by Crippen LogP contribution is -2.83. The number of piperidine rings is 1. The van der Waals surface area contributed by atoms with Crippen LogP contribution >= 0.6 is 0 Å². The van der Waals surface area contributed by atoms with E-state index in [1.165, 1.54) is 0 Å². The van der Waals surface area contributed by atoms with Crippen molar-refractivity contribution in [3.8, 4) is 23.0 Å². The smallest absolute Gasteiger partial charge is 0.320 e. The quantitative estimate of drug-likeness (QED) is 0.111. The summed E-state index contributed by atoms with van der Waals surface area (Å²) in [5.41, 5.74) is -11.1. The van der Waals surface area contributed by atoms with Gasteiger partial charge in [-0.15, -0.1) is 0 Å². The Kier molecular flexibility index (Phi) is 6.76. The number of Topliss-reactive ketones (excluding diaryl/α,β-unsaturated/α-hetero) is 1. The molecule has 1 fully saturated rings. The van der Waals surface area contributed by atoms with Crippen molar-refractivity contribution in [1.82, 2.24) is 4.90 Å². The maximum absolute atomic E-state index is 13.1. The standard InChI is InChI=1S/C19H27NO19/c1-38-11-9(22)7-8(10(23)12(11)39-2)15(27,28)17(30,31)20-4-5(6(21)3-13(7,20)24)14(25,26)16(29,18(32,33)34)19(35,36)37/h5,22-37H,3-4H2,1-2H3. The fourth-order valence-electron chi connectivity index (χ4n) is 4.97. The molecular formula is C19H27NO19. The van der Waals surface area contributed by atoms with E-state index in [1.54, 1.807) is 0 Å². The minimum Gasteiger partial charge on any atom is -0.504 e. The Labute approximate surface area is 215 Å². The van der Waals surface area contributed by atoms with Crippen molar-refractivity contribution in [3.63, 3.8) is 0 Å². The second kappa shape index (κ2) is 8.50. The molecule has 1 aromatic carbocycles. The Bertz CT molecular complexity index is 1170. The molecule has 0 saturated carbocycles. The molecule has 0 bridgehead atoms. The first-order valence-corrected chi connectivity index (χ1v) is 10.5. The van der Waals surface area contributed by atoms with Crippen LogP contribution in [-0.2, 0) is 16.3 Å². The second-order valence-corrected chi connectivity index (χ2v) is 9.15. The van der Waals surface area contributed by atoms with E-state index >= 15 is 0 Å². The summed E-state index contributed by atoms with van der Waals surface area (Å²) in [6.45, 7) is -1.85. The van der Waals surface area contributed by atoms with E-state index in [4.69, 9.17) is 9.47 Å². The SMILES string of the molecule is COc1c(O)c2c(c(O)c1OC)C(O)(O)C(O)(O)N1CC(C(O)(O)C(O)(C(O)(O)O)C(O)(O)O)C(=O)CC21O. The van der Waals surface area contributed by atoms with Crippen LogP contribution < -0.4 is 9.47 Å². The predicted molar refractivity (Wildman–Crippen MR) is 111 cm³/mol. The lowest BCUT2D eigenvalue weighted by molar-refractivity contribution is -0.547. The van der Waals surface area contributed by atoms with Crippen LogP contribution in [0.3, 0.4) is 0 Å². The molecule has 0 aromatic heterocycles. The Balaban J connectivity index is 2.36. The molecule has 16 N–H and O–H groups in total. The predicted octanol–water partition coefficient (Wildman–Crippen LogP) is -8.39. The van der Waals surface area contributed by atoms with Gasteiger partial charge in [0.2, 0.25) is 17.3 Å². The number of hydrogen-bond acceptors (Lipinski definition) is 20. The van der Waals surface area contributed by atoms with Crippen molar-refractivity contribution in [2.75, 3.05) is 20.8 Å². The topological polar surface area (TPSA) is 362 Å². The van der Waals surface area contributed by atoms with Gasteiger partial charge in [-0.3, -0.25) is 4.79 Å². The molecule has 1 saturated heterocycles. The van der Waals surface area contributed by atoms with Crippen molar-refractivity contribution in [1.29, 1.82) is 0 Å². The Morgan fingerprint density at radius 1 is 0.769 bits per heavy atom. The molecule has 3 rings (SSSR count). The van der Waals surface area contributed by atoms with Crippen LogP contribution in [0.1, 0.15) is 17.5 Å². The van der Waals surface area contributed by atoms with Gasteiger partial charge >= 0.3 is 11.9 Å². The molecule has 0 amide bonds. The largest absolute Gasteiger partial charge is 0.504 e. The maximum atomic E-state index is 13.1. The number of fused-ring (bicyclic) bond motifs is 3. The fraction of sp³-hybridized carbons (Fsp3) is 0.632. The van der Waals surface area contributed by atoms with E-state index in [9.17, 15) is 86.5 Å². The van der Waals surface area contributed by atoms with Gasteiger partial charge in [0.25, 0.3) is 17.3 Å². The summed E-state index contributed by atoms with van der Waals surface area (Å²) in [5, 5.41) is 164. The number of phenols is 2. The summed E-state index contributed by atoms with van der Waals surface area (Å²) in [4.78, 5) is 12.7. The van der Waals surface area contributed by atoms with Gasteiger partial charge in [-0.2, -0.15) is 0 Å². The third kappa shape index (κ3) is 3.65. The molecule has 2 unspecified atom stereocenters. The Morgan fingerprint density at radius 2 is 1.18 bits per heavy atom. The van der Waals surface area contributed by atoms with Gasteiger partial charge in [0.05, 0.1) is 37.7 Å². The van der Waals surface area contributed by atoms with Crippen molar-refractivity contribution in [2.24, 2.45) is 5.92 Å². The van der Waals surface area contributed by atoms with Gasteiger partial charge in [-0.1, -0.05) is 0 Å². The third-order valence-electron chi connectivity index (χ3n) is 6.97. The van der Waals surface area contributed by atoms with Crippen LogP contribution in [0.25, 0.3) is 0 Å². The number of methoxy groups -OCH3 is 2. The van der Waals surface area contributed by atoms with Crippen LogP contribution in [0.2, 0.25) is 0 Å². The summed E-state index contributed by atoms with van der Waals surface area (Å²) < 4.78 is 9.67. The maximum Gasteiger partial charge on any atom is 0.320 e. The van der Waals surface area contributed by atoms with Gasteiger partial charge in [0.1, 0.15) is 5.78 Å². The Morgan fingerprint density at radius 3 is 1.56 bits per heavy atom. The van der Waals surface area contributed by atoms with E-state index < -0.39 is 99.5 Å². The highest BCUT2D eigenvalue weighted by Gasteiger charge is 2.78.